The van der Waals surface area contributed by atoms with Crippen LogP contribution in [0, 0.1) is 6.92 Å². The molecule has 2 N–H and O–H groups in total. The van der Waals surface area contributed by atoms with Crippen molar-refractivity contribution in [2.45, 2.75) is 38.2 Å². The third kappa shape index (κ3) is 3.05. The van der Waals surface area contributed by atoms with E-state index >= 15 is 0 Å². The fraction of sp³-hybridized carbons (Fsp3) is 0.389. The van der Waals surface area contributed by atoms with Crippen LogP contribution >= 0.6 is 11.3 Å². The Balaban J connectivity index is 1.62. The van der Waals surface area contributed by atoms with E-state index in [-0.39, 0.29) is 5.91 Å². The third-order valence-corrected chi connectivity index (χ3v) is 5.69. The molecule has 0 saturated heterocycles. The van der Waals surface area contributed by atoms with Crippen molar-refractivity contribution in [3.05, 3.63) is 34.8 Å². The molecule has 6 nitrogen and oxygen atoms in total. The number of amides is 1. The quantitative estimate of drug-likeness (QED) is 0.731. The first-order valence-corrected chi connectivity index (χ1v) is 9.25. The van der Waals surface area contributed by atoms with Gasteiger partial charge in [-0.25, -0.2) is 4.98 Å². The fourth-order valence-corrected chi connectivity index (χ4v) is 3.85. The summed E-state index contributed by atoms with van der Waals surface area (Å²) in [6, 6.07) is 5.68. The van der Waals surface area contributed by atoms with Crippen LogP contribution in [-0.4, -0.2) is 33.3 Å². The number of aromatic nitrogens is 2. The maximum absolute atomic E-state index is 12.7. The molecule has 0 spiro atoms. The highest BCUT2D eigenvalue weighted by atomic mass is 32.1. The number of fused-ring (bicyclic) bond motifs is 1. The van der Waals surface area contributed by atoms with E-state index in [2.05, 4.69) is 15.5 Å². The van der Waals surface area contributed by atoms with Gasteiger partial charge in [-0.15, -0.1) is 11.3 Å². The Labute approximate surface area is 148 Å². The van der Waals surface area contributed by atoms with E-state index in [1.807, 2.05) is 17.5 Å². The van der Waals surface area contributed by atoms with E-state index in [4.69, 9.17) is 4.52 Å². The molecule has 1 saturated carbocycles. The number of hydrogen-bond donors (Lipinski definition) is 2. The first-order valence-electron chi connectivity index (χ1n) is 8.37. The van der Waals surface area contributed by atoms with Gasteiger partial charge < -0.3 is 14.9 Å². The first-order chi connectivity index (χ1) is 12.1. The molecule has 25 heavy (non-hydrogen) atoms. The van der Waals surface area contributed by atoms with Gasteiger partial charge in [-0.3, -0.25) is 4.79 Å². The van der Waals surface area contributed by atoms with Crippen LogP contribution in [0.25, 0.3) is 21.7 Å². The lowest BCUT2D eigenvalue weighted by Gasteiger charge is -2.36. The van der Waals surface area contributed by atoms with Crippen LogP contribution in [0.2, 0.25) is 0 Å². The van der Waals surface area contributed by atoms with Gasteiger partial charge in [0.25, 0.3) is 11.6 Å². The predicted octanol–water partition coefficient (Wildman–Crippen LogP) is 3.29. The maximum atomic E-state index is 12.7. The lowest BCUT2D eigenvalue weighted by atomic mass is 9.78. The average Bonchev–Trinajstić information content (AvgIpc) is 3.23. The van der Waals surface area contributed by atoms with Gasteiger partial charge in [0.1, 0.15) is 0 Å². The molecular weight excluding hydrogens is 338 g/mol. The summed E-state index contributed by atoms with van der Waals surface area (Å²) in [5.74, 6) is -0.195. The highest BCUT2D eigenvalue weighted by molar-refractivity contribution is 7.13. The Morgan fingerprint density at radius 3 is 3.00 bits per heavy atom. The molecule has 3 aromatic heterocycles. The molecule has 130 valence electrons. The summed E-state index contributed by atoms with van der Waals surface area (Å²) in [7, 11) is 0. The Morgan fingerprint density at radius 2 is 2.32 bits per heavy atom. The van der Waals surface area contributed by atoms with E-state index in [1.54, 1.807) is 24.3 Å². The van der Waals surface area contributed by atoms with Gasteiger partial charge in [-0.05, 0) is 50.1 Å². The van der Waals surface area contributed by atoms with Gasteiger partial charge in [0.2, 0.25) is 0 Å². The van der Waals surface area contributed by atoms with Gasteiger partial charge in [-0.1, -0.05) is 11.2 Å². The smallest absolute Gasteiger partial charge is 0.259 e. The summed E-state index contributed by atoms with van der Waals surface area (Å²) in [5.41, 5.74) is 1.61. The van der Waals surface area contributed by atoms with E-state index in [9.17, 15) is 9.90 Å². The second kappa shape index (κ2) is 6.24. The maximum Gasteiger partial charge on any atom is 0.259 e. The topological polar surface area (TPSA) is 88.2 Å². The molecule has 1 amide bonds. The van der Waals surface area contributed by atoms with Gasteiger partial charge in [-0.2, -0.15) is 0 Å². The predicted molar refractivity (Wildman–Crippen MR) is 95.6 cm³/mol. The molecule has 7 heteroatoms. The van der Waals surface area contributed by atoms with Crippen LogP contribution in [0.5, 0.6) is 0 Å². The van der Waals surface area contributed by atoms with E-state index in [1.165, 1.54) is 0 Å². The summed E-state index contributed by atoms with van der Waals surface area (Å²) < 4.78 is 5.29. The molecule has 1 aliphatic rings. The number of aliphatic hydroxyl groups is 1. The van der Waals surface area contributed by atoms with Crippen molar-refractivity contribution in [3.63, 3.8) is 0 Å². The third-order valence-electron chi connectivity index (χ3n) is 4.80. The summed E-state index contributed by atoms with van der Waals surface area (Å²) in [6.07, 6.45) is 3.26. The zero-order chi connectivity index (χ0) is 17.4. The van der Waals surface area contributed by atoms with Crippen molar-refractivity contribution >= 4 is 28.3 Å². The van der Waals surface area contributed by atoms with Crippen LogP contribution in [0.4, 0.5) is 0 Å². The van der Waals surface area contributed by atoms with Crippen molar-refractivity contribution in [3.8, 4) is 10.6 Å². The normalized spacial score (nSPS) is 15.9. The molecule has 4 rings (SSSR count). The number of thiophene rings is 1. The van der Waals surface area contributed by atoms with Crippen LogP contribution in [-0.2, 0) is 0 Å². The molecule has 0 aromatic carbocycles. The van der Waals surface area contributed by atoms with Gasteiger partial charge >= 0.3 is 0 Å². The zero-order valence-corrected chi connectivity index (χ0v) is 14.7. The van der Waals surface area contributed by atoms with Crippen molar-refractivity contribution in [2.75, 3.05) is 6.54 Å². The molecule has 0 aliphatic heterocycles. The SMILES string of the molecule is Cc1noc2nc(-c3cccs3)cc(C(=O)NCCC3(O)CCC3)c12. The lowest BCUT2D eigenvalue weighted by Crippen LogP contribution is -2.40. The minimum Gasteiger partial charge on any atom is -0.390 e. The molecule has 1 aliphatic carbocycles. The lowest BCUT2D eigenvalue weighted by molar-refractivity contribution is -0.0390. The standard InChI is InChI=1S/C18H19N3O3S/c1-11-15-12(16(22)19-8-7-18(23)5-3-6-18)10-13(14-4-2-9-25-14)20-17(15)24-21-11/h2,4,9-10,23H,3,5-8H2,1H3,(H,19,22). The zero-order valence-electron chi connectivity index (χ0n) is 13.9. The number of rotatable bonds is 5. The summed E-state index contributed by atoms with van der Waals surface area (Å²) in [4.78, 5) is 18.2. The minimum absolute atomic E-state index is 0.195. The first kappa shape index (κ1) is 16.2. The van der Waals surface area contributed by atoms with E-state index in [0.29, 0.717) is 41.0 Å². The molecular formula is C18H19N3O3S. The number of nitrogens with one attached hydrogen (secondary N) is 1. The Morgan fingerprint density at radius 1 is 1.48 bits per heavy atom. The fourth-order valence-electron chi connectivity index (χ4n) is 3.16. The Kier molecular flexibility index (Phi) is 4.05. The molecule has 0 unspecified atom stereocenters. The second-order valence-corrected chi connectivity index (χ2v) is 7.51. The molecule has 0 atom stereocenters. The number of carbonyl (C=O) groups excluding carboxylic acids is 1. The number of pyridine rings is 1. The molecule has 0 radical (unpaired) electrons. The van der Waals surface area contributed by atoms with Crippen molar-refractivity contribution < 1.29 is 14.4 Å². The van der Waals surface area contributed by atoms with Crippen LogP contribution in [0.15, 0.2) is 28.1 Å². The summed E-state index contributed by atoms with van der Waals surface area (Å²) in [6.45, 7) is 2.24. The van der Waals surface area contributed by atoms with Crippen LogP contribution in [0.3, 0.4) is 0 Å². The van der Waals surface area contributed by atoms with Gasteiger partial charge in [0.15, 0.2) is 0 Å². The van der Waals surface area contributed by atoms with E-state index < -0.39 is 5.60 Å². The van der Waals surface area contributed by atoms with Gasteiger partial charge in [0.05, 0.1) is 32.8 Å². The molecule has 3 aromatic rings. The monoisotopic (exact) mass is 357 g/mol. The highest BCUT2D eigenvalue weighted by Gasteiger charge is 2.33. The molecule has 0 bridgehead atoms. The molecule has 1 fully saturated rings. The van der Waals surface area contributed by atoms with Crippen LogP contribution in [0.1, 0.15) is 41.7 Å². The van der Waals surface area contributed by atoms with E-state index in [0.717, 1.165) is 24.1 Å². The summed E-state index contributed by atoms with van der Waals surface area (Å²) in [5, 5.41) is 19.6. The number of hydrogen-bond acceptors (Lipinski definition) is 6. The summed E-state index contributed by atoms with van der Waals surface area (Å²) >= 11 is 1.55. The number of carbonyl (C=O) groups is 1. The number of nitrogens with zero attached hydrogens (tertiary/aromatic N) is 2. The second-order valence-electron chi connectivity index (χ2n) is 6.56. The number of aryl methyl sites for hydroxylation is 1. The molecule has 3 heterocycles. The van der Waals surface area contributed by atoms with Gasteiger partial charge in [0, 0.05) is 6.54 Å². The van der Waals surface area contributed by atoms with Crippen molar-refractivity contribution in [2.24, 2.45) is 0 Å². The van der Waals surface area contributed by atoms with Crippen molar-refractivity contribution in [1.82, 2.24) is 15.5 Å². The Hall–Kier alpha value is -2.25. The minimum atomic E-state index is -0.601. The largest absolute Gasteiger partial charge is 0.390 e. The Bertz CT molecular complexity index is 913. The highest BCUT2D eigenvalue weighted by Crippen LogP contribution is 2.34. The van der Waals surface area contributed by atoms with Crippen molar-refractivity contribution in [1.29, 1.82) is 0 Å². The average molecular weight is 357 g/mol. The van der Waals surface area contributed by atoms with Crippen LogP contribution < -0.4 is 5.32 Å².